The van der Waals surface area contributed by atoms with Crippen molar-refractivity contribution in [1.82, 2.24) is 19.9 Å². The van der Waals surface area contributed by atoms with E-state index >= 15 is 0 Å². The van der Waals surface area contributed by atoms with Crippen molar-refractivity contribution in [2.45, 2.75) is 32.4 Å². The topological polar surface area (TPSA) is 67.1 Å². The largest absolute Gasteiger partial charge is 0.448 e. The van der Waals surface area contributed by atoms with Gasteiger partial charge in [0.2, 0.25) is 0 Å². The molecule has 0 radical (unpaired) electrons. The normalized spacial score (nSPS) is 17.2. The number of aromatic nitrogens is 3. The molecule has 2 aromatic rings. The van der Waals surface area contributed by atoms with Crippen LogP contribution in [0, 0.1) is 6.92 Å². The Bertz CT molecular complexity index is 534. The van der Waals surface area contributed by atoms with E-state index in [9.17, 15) is 0 Å². The summed E-state index contributed by atoms with van der Waals surface area (Å²) >= 11 is 0. The van der Waals surface area contributed by atoms with Gasteiger partial charge in [-0.3, -0.25) is 4.90 Å². The molecule has 6 nitrogen and oxygen atoms in total. The van der Waals surface area contributed by atoms with Gasteiger partial charge < -0.3 is 9.73 Å². The van der Waals surface area contributed by atoms with Crippen molar-refractivity contribution in [2.24, 2.45) is 0 Å². The lowest BCUT2D eigenvalue weighted by Gasteiger charge is -2.32. The van der Waals surface area contributed by atoms with E-state index in [2.05, 4.69) is 25.2 Å². The number of likely N-dealkylation sites (tertiary alicyclic amines) is 1. The van der Waals surface area contributed by atoms with Crippen LogP contribution in [0.5, 0.6) is 0 Å². The lowest BCUT2D eigenvalue weighted by molar-refractivity contribution is 0.208. The second-order valence-electron chi connectivity index (χ2n) is 5.14. The fraction of sp³-hybridized carbons (Fsp3) is 0.500. The predicted molar refractivity (Wildman–Crippen MR) is 75.2 cm³/mol. The number of anilines is 1. The van der Waals surface area contributed by atoms with Crippen LogP contribution in [0.1, 0.15) is 24.3 Å². The lowest BCUT2D eigenvalue weighted by atomic mass is 10.0. The lowest BCUT2D eigenvalue weighted by Crippen LogP contribution is -2.39. The van der Waals surface area contributed by atoms with Crippen molar-refractivity contribution in [3.63, 3.8) is 0 Å². The monoisotopic (exact) mass is 273 g/mol. The van der Waals surface area contributed by atoms with Crippen LogP contribution in [0.4, 0.5) is 5.82 Å². The molecule has 0 aromatic carbocycles. The molecule has 0 spiro atoms. The third-order valence-corrected chi connectivity index (χ3v) is 3.74. The van der Waals surface area contributed by atoms with E-state index in [1.165, 1.54) is 6.39 Å². The van der Waals surface area contributed by atoms with Crippen LogP contribution in [-0.2, 0) is 6.54 Å². The van der Waals surface area contributed by atoms with Crippen LogP contribution in [0.25, 0.3) is 0 Å². The number of hydrogen-bond acceptors (Lipinski definition) is 6. The van der Waals surface area contributed by atoms with Crippen molar-refractivity contribution in [3.8, 4) is 0 Å². The van der Waals surface area contributed by atoms with E-state index in [4.69, 9.17) is 4.42 Å². The fourth-order valence-electron chi connectivity index (χ4n) is 2.51. The standard InChI is InChI=1S/C14H19N5O/c1-11-13(17-10-20-11)8-19-6-3-12(4-7-19)18-14-2-5-15-9-16-14/h2,5,9-10,12H,3-4,6-8H2,1H3,(H,15,16,18). The van der Waals surface area contributed by atoms with Crippen molar-refractivity contribution in [1.29, 1.82) is 0 Å². The van der Waals surface area contributed by atoms with Gasteiger partial charge in [-0.1, -0.05) is 0 Å². The van der Waals surface area contributed by atoms with Crippen molar-refractivity contribution >= 4 is 5.82 Å². The quantitative estimate of drug-likeness (QED) is 0.917. The minimum Gasteiger partial charge on any atom is -0.448 e. The van der Waals surface area contributed by atoms with E-state index in [0.717, 1.165) is 49.7 Å². The highest BCUT2D eigenvalue weighted by Crippen LogP contribution is 2.17. The summed E-state index contributed by atoms with van der Waals surface area (Å²) in [6.07, 6.45) is 7.08. The zero-order valence-electron chi connectivity index (χ0n) is 11.6. The number of hydrogen-bond donors (Lipinski definition) is 1. The number of nitrogens with zero attached hydrogens (tertiary/aromatic N) is 4. The van der Waals surface area contributed by atoms with Gasteiger partial charge in [-0.2, -0.15) is 0 Å². The number of piperidine rings is 1. The average Bonchev–Trinajstić information content (AvgIpc) is 2.88. The van der Waals surface area contributed by atoms with Crippen molar-refractivity contribution < 1.29 is 4.42 Å². The summed E-state index contributed by atoms with van der Waals surface area (Å²) in [7, 11) is 0. The SMILES string of the molecule is Cc1ocnc1CN1CCC(Nc2ccncn2)CC1. The van der Waals surface area contributed by atoms with Crippen LogP contribution in [0.3, 0.4) is 0 Å². The van der Waals surface area contributed by atoms with Gasteiger partial charge in [0.05, 0.1) is 5.69 Å². The summed E-state index contributed by atoms with van der Waals surface area (Å²) in [6, 6.07) is 2.39. The van der Waals surface area contributed by atoms with Gasteiger partial charge in [-0.15, -0.1) is 0 Å². The van der Waals surface area contributed by atoms with Crippen LogP contribution in [-0.4, -0.2) is 39.0 Å². The summed E-state index contributed by atoms with van der Waals surface area (Å²) < 4.78 is 5.24. The third-order valence-electron chi connectivity index (χ3n) is 3.74. The number of oxazole rings is 1. The van der Waals surface area contributed by atoms with Gasteiger partial charge in [0.1, 0.15) is 17.9 Å². The maximum absolute atomic E-state index is 5.24. The molecule has 1 fully saturated rings. The molecule has 20 heavy (non-hydrogen) atoms. The first-order chi connectivity index (χ1) is 9.81. The molecule has 0 atom stereocenters. The maximum atomic E-state index is 5.24. The Labute approximate surface area is 118 Å². The minimum atomic E-state index is 0.486. The molecule has 6 heteroatoms. The molecule has 1 N–H and O–H groups in total. The highest BCUT2D eigenvalue weighted by atomic mass is 16.3. The van der Waals surface area contributed by atoms with Gasteiger partial charge in [-0.05, 0) is 25.8 Å². The van der Waals surface area contributed by atoms with Crippen LogP contribution >= 0.6 is 0 Å². The first kappa shape index (κ1) is 13.1. The molecule has 0 saturated carbocycles. The number of rotatable bonds is 4. The molecule has 0 amide bonds. The molecular formula is C14H19N5O. The van der Waals surface area contributed by atoms with E-state index < -0.39 is 0 Å². The van der Waals surface area contributed by atoms with Gasteiger partial charge in [-0.25, -0.2) is 15.0 Å². The minimum absolute atomic E-state index is 0.486. The zero-order chi connectivity index (χ0) is 13.8. The molecule has 1 aliphatic heterocycles. The molecular weight excluding hydrogens is 254 g/mol. The molecule has 0 aliphatic carbocycles. The Morgan fingerprint density at radius 2 is 2.20 bits per heavy atom. The Hall–Kier alpha value is -1.95. The smallest absolute Gasteiger partial charge is 0.181 e. The first-order valence-electron chi connectivity index (χ1n) is 6.95. The summed E-state index contributed by atoms with van der Waals surface area (Å²) in [5, 5.41) is 3.46. The summed E-state index contributed by atoms with van der Waals surface area (Å²) in [5.74, 6) is 1.83. The Morgan fingerprint density at radius 3 is 2.85 bits per heavy atom. The molecule has 2 aromatic heterocycles. The molecule has 0 bridgehead atoms. The number of aryl methyl sites for hydroxylation is 1. The highest BCUT2D eigenvalue weighted by molar-refractivity contribution is 5.33. The predicted octanol–water partition coefficient (Wildman–Crippen LogP) is 1.85. The first-order valence-corrected chi connectivity index (χ1v) is 6.95. The van der Waals surface area contributed by atoms with E-state index in [1.807, 2.05) is 13.0 Å². The molecule has 106 valence electrons. The Balaban J connectivity index is 1.49. The molecule has 0 unspecified atom stereocenters. The average molecular weight is 273 g/mol. The molecule has 1 aliphatic rings. The van der Waals surface area contributed by atoms with Crippen molar-refractivity contribution in [3.05, 3.63) is 36.4 Å². The van der Waals surface area contributed by atoms with Crippen molar-refractivity contribution in [2.75, 3.05) is 18.4 Å². The summed E-state index contributed by atoms with van der Waals surface area (Å²) in [5.41, 5.74) is 1.05. The summed E-state index contributed by atoms with van der Waals surface area (Å²) in [6.45, 7) is 4.97. The van der Waals surface area contributed by atoms with Crippen LogP contribution in [0.2, 0.25) is 0 Å². The van der Waals surface area contributed by atoms with Crippen LogP contribution in [0.15, 0.2) is 29.4 Å². The highest BCUT2D eigenvalue weighted by Gasteiger charge is 2.20. The van der Waals surface area contributed by atoms with E-state index in [-0.39, 0.29) is 0 Å². The van der Waals surface area contributed by atoms with Gasteiger partial charge in [0.25, 0.3) is 0 Å². The number of nitrogens with one attached hydrogen (secondary N) is 1. The summed E-state index contributed by atoms with van der Waals surface area (Å²) in [4.78, 5) is 14.8. The molecule has 3 rings (SSSR count). The molecule has 3 heterocycles. The Morgan fingerprint density at radius 1 is 1.35 bits per heavy atom. The Kier molecular flexibility index (Phi) is 3.92. The fourth-order valence-corrected chi connectivity index (χ4v) is 2.51. The van der Waals surface area contributed by atoms with E-state index in [0.29, 0.717) is 6.04 Å². The van der Waals surface area contributed by atoms with Crippen LogP contribution < -0.4 is 5.32 Å². The second-order valence-corrected chi connectivity index (χ2v) is 5.14. The molecule has 1 saturated heterocycles. The third kappa shape index (κ3) is 3.14. The maximum Gasteiger partial charge on any atom is 0.181 e. The van der Waals surface area contributed by atoms with E-state index in [1.54, 1.807) is 12.5 Å². The van der Waals surface area contributed by atoms with Gasteiger partial charge in [0.15, 0.2) is 6.39 Å². The zero-order valence-corrected chi connectivity index (χ0v) is 11.6. The second kappa shape index (κ2) is 6.00. The van der Waals surface area contributed by atoms with Gasteiger partial charge >= 0.3 is 0 Å². The van der Waals surface area contributed by atoms with Gasteiger partial charge in [0, 0.05) is 31.9 Å².